The molecule has 0 aliphatic rings. The molecule has 0 aromatic heterocycles. The van der Waals surface area contributed by atoms with Crippen molar-refractivity contribution < 1.29 is 15.0 Å². The third-order valence-electron chi connectivity index (χ3n) is 9.80. The molecule has 4 nitrogen and oxygen atoms in total. The van der Waals surface area contributed by atoms with Crippen LogP contribution in [0, 0.1) is 0 Å². The number of hydrogen-bond donors (Lipinski definition) is 3. The van der Waals surface area contributed by atoms with Gasteiger partial charge < -0.3 is 15.5 Å². The van der Waals surface area contributed by atoms with Crippen LogP contribution in [0.15, 0.2) is 109 Å². The van der Waals surface area contributed by atoms with Crippen LogP contribution in [0.4, 0.5) is 0 Å². The normalized spacial score (nSPS) is 14.0. The number of nitrogens with one attached hydrogen (secondary N) is 1. The minimum atomic E-state index is -0.680. The van der Waals surface area contributed by atoms with Gasteiger partial charge in [-0.05, 0) is 83.5 Å². The lowest BCUT2D eigenvalue weighted by atomic mass is 10.0. The summed E-state index contributed by atoms with van der Waals surface area (Å²) in [5.41, 5.74) is 0. The first-order valence-electron chi connectivity index (χ1n) is 23.1. The Hall–Kier alpha value is -2.95. The van der Waals surface area contributed by atoms with Crippen molar-refractivity contribution in [3.8, 4) is 0 Å². The van der Waals surface area contributed by atoms with E-state index in [-0.39, 0.29) is 12.5 Å². The number of carbonyl (C=O) groups is 1. The van der Waals surface area contributed by atoms with Crippen molar-refractivity contribution in [2.45, 2.75) is 206 Å². The minimum Gasteiger partial charge on any atom is -0.394 e. The molecule has 0 fully saturated rings. The third kappa shape index (κ3) is 42.2. The highest BCUT2D eigenvalue weighted by Crippen LogP contribution is 2.14. The SMILES string of the molecule is CC/C=C\C/C=C\C/C=C\C/C=C\C/C=C\C/C=C\C/C=C\C/C=C\C/C=C\CCCCCC(=O)NC(CO)C(O)CCCCCCCCCCCCCCC. The summed E-state index contributed by atoms with van der Waals surface area (Å²) < 4.78 is 0. The molecule has 3 N–H and O–H groups in total. The summed E-state index contributed by atoms with van der Waals surface area (Å²) in [4.78, 5) is 12.4. The Morgan fingerprint density at radius 3 is 1.16 bits per heavy atom. The van der Waals surface area contributed by atoms with E-state index in [2.05, 4.69) is 129 Å². The van der Waals surface area contributed by atoms with Gasteiger partial charge in [-0.25, -0.2) is 0 Å². The van der Waals surface area contributed by atoms with E-state index in [1.165, 1.54) is 70.6 Å². The van der Waals surface area contributed by atoms with Gasteiger partial charge >= 0.3 is 0 Å². The van der Waals surface area contributed by atoms with Crippen LogP contribution in [0.2, 0.25) is 0 Å². The van der Waals surface area contributed by atoms with Crippen molar-refractivity contribution in [3.05, 3.63) is 109 Å². The zero-order valence-corrected chi connectivity index (χ0v) is 36.4. The molecule has 56 heavy (non-hydrogen) atoms. The predicted octanol–water partition coefficient (Wildman–Crippen LogP) is 14.8. The Morgan fingerprint density at radius 2 is 0.786 bits per heavy atom. The number of aliphatic hydroxyl groups excluding tert-OH is 2. The van der Waals surface area contributed by atoms with Gasteiger partial charge in [0, 0.05) is 6.42 Å². The van der Waals surface area contributed by atoms with E-state index >= 15 is 0 Å². The Labute approximate surface area is 346 Å². The minimum absolute atomic E-state index is 0.0689. The maximum atomic E-state index is 12.4. The number of carbonyl (C=O) groups excluding carboxylic acids is 1. The number of rotatable bonds is 40. The summed E-state index contributed by atoms with van der Waals surface area (Å²) >= 11 is 0. The zero-order chi connectivity index (χ0) is 40.7. The number of allylic oxidation sites excluding steroid dienone is 18. The second-order valence-electron chi connectivity index (χ2n) is 15.1. The largest absolute Gasteiger partial charge is 0.394 e. The van der Waals surface area contributed by atoms with Gasteiger partial charge in [0.2, 0.25) is 5.91 Å². The highest BCUT2D eigenvalue weighted by atomic mass is 16.3. The smallest absolute Gasteiger partial charge is 0.220 e. The second-order valence-corrected chi connectivity index (χ2v) is 15.1. The van der Waals surface area contributed by atoms with Gasteiger partial charge in [0.05, 0.1) is 18.8 Å². The van der Waals surface area contributed by atoms with Gasteiger partial charge in [-0.1, -0.05) is 213 Å². The van der Waals surface area contributed by atoms with Gasteiger partial charge in [0.15, 0.2) is 0 Å². The molecular formula is C52H87NO3. The van der Waals surface area contributed by atoms with E-state index < -0.39 is 12.1 Å². The molecule has 0 rings (SSSR count). The van der Waals surface area contributed by atoms with E-state index in [0.717, 1.165) is 96.3 Å². The average Bonchev–Trinajstić information content (AvgIpc) is 3.20. The molecule has 0 heterocycles. The van der Waals surface area contributed by atoms with E-state index in [1.807, 2.05) is 0 Å². The van der Waals surface area contributed by atoms with Crippen molar-refractivity contribution in [3.63, 3.8) is 0 Å². The van der Waals surface area contributed by atoms with Crippen LogP contribution in [-0.4, -0.2) is 34.9 Å². The van der Waals surface area contributed by atoms with Crippen LogP contribution < -0.4 is 5.32 Å². The lowest BCUT2D eigenvalue weighted by Gasteiger charge is -2.22. The highest BCUT2D eigenvalue weighted by molar-refractivity contribution is 5.76. The Balaban J connectivity index is 3.70. The molecule has 318 valence electrons. The van der Waals surface area contributed by atoms with Crippen LogP contribution in [0.25, 0.3) is 0 Å². The summed E-state index contributed by atoms with van der Waals surface area (Å²) in [7, 11) is 0. The van der Waals surface area contributed by atoms with Gasteiger partial charge in [0.1, 0.15) is 0 Å². The molecule has 0 spiro atoms. The maximum absolute atomic E-state index is 12.4. The molecule has 0 saturated heterocycles. The number of aliphatic hydroxyl groups is 2. The molecule has 0 aliphatic heterocycles. The second kappa shape index (κ2) is 46.4. The summed E-state index contributed by atoms with van der Waals surface area (Å²) in [5.74, 6) is -0.0689. The van der Waals surface area contributed by atoms with Gasteiger partial charge in [0.25, 0.3) is 0 Å². The molecule has 0 bridgehead atoms. The first-order chi connectivity index (χ1) is 27.7. The third-order valence-corrected chi connectivity index (χ3v) is 9.80. The van der Waals surface area contributed by atoms with Crippen molar-refractivity contribution >= 4 is 5.91 Å². The Bertz CT molecular complexity index is 1110. The summed E-state index contributed by atoms with van der Waals surface area (Å²) in [6.45, 7) is 4.21. The van der Waals surface area contributed by atoms with Gasteiger partial charge in [-0.15, -0.1) is 0 Å². The molecule has 0 aromatic carbocycles. The highest BCUT2D eigenvalue weighted by Gasteiger charge is 2.19. The first kappa shape index (κ1) is 53.0. The van der Waals surface area contributed by atoms with Crippen molar-refractivity contribution in [1.29, 1.82) is 0 Å². The molecule has 2 atom stereocenters. The quantitative estimate of drug-likeness (QED) is 0.0429. The van der Waals surface area contributed by atoms with Gasteiger partial charge in [-0.2, -0.15) is 0 Å². The van der Waals surface area contributed by atoms with E-state index in [9.17, 15) is 15.0 Å². The Morgan fingerprint density at radius 1 is 0.446 bits per heavy atom. The van der Waals surface area contributed by atoms with E-state index in [4.69, 9.17) is 0 Å². The summed E-state index contributed by atoms with van der Waals surface area (Å²) in [5, 5.41) is 23.1. The van der Waals surface area contributed by atoms with Crippen LogP contribution >= 0.6 is 0 Å². The van der Waals surface area contributed by atoms with Crippen LogP contribution in [-0.2, 0) is 4.79 Å². The topological polar surface area (TPSA) is 69.6 Å². The monoisotopic (exact) mass is 774 g/mol. The standard InChI is InChI=1S/C52H87NO3/c1-3-5-7-9-11-13-15-17-18-19-20-21-22-23-24-25-26-27-28-29-30-31-32-33-34-36-38-40-42-44-46-48-52(56)53-50(49-54)51(55)47-45-43-41-39-37-35-16-14-12-10-8-6-4-2/h5,7,11,13,17-18,20-21,23-24,26-27,29-30,32-33,36,38,50-51,54-55H,3-4,6,8-10,12,14-16,19,22,25,28,31,34-35,37,39-49H2,1-2H3,(H,53,56)/b7-5-,13-11-,18-17-,21-20-,24-23-,27-26-,30-29-,33-32-,38-36-. The molecule has 0 radical (unpaired) electrons. The lowest BCUT2D eigenvalue weighted by molar-refractivity contribution is -0.123. The summed E-state index contributed by atoms with van der Waals surface area (Å²) in [6, 6.07) is -0.561. The number of unbranched alkanes of at least 4 members (excludes halogenated alkanes) is 15. The maximum Gasteiger partial charge on any atom is 0.220 e. The molecule has 4 heteroatoms. The number of amides is 1. The van der Waals surface area contributed by atoms with Crippen LogP contribution in [0.3, 0.4) is 0 Å². The van der Waals surface area contributed by atoms with Gasteiger partial charge in [-0.3, -0.25) is 4.79 Å². The van der Waals surface area contributed by atoms with Crippen LogP contribution in [0.1, 0.15) is 194 Å². The first-order valence-corrected chi connectivity index (χ1v) is 23.1. The molecule has 0 aliphatic carbocycles. The summed E-state index contributed by atoms with van der Waals surface area (Å²) in [6.07, 6.45) is 70.2. The fourth-order valence-corrected chi connectivity index (χ4v) is 6.29. The van der Waals surface area contributed by atoms with Crippen molar-refractivity contribution in [2.75, 3.05) is 6.61 Å². The predicted molar refractivity (Wildman–Crippen MR) is 248 cm³/mol. The fraction of sp³-hybridized carbons (Fsp3) is 0.635. The fourth-order valence-electron chi connectivity index (χ4n) is 6.29. The molecule has 1 amide bonds. The molecule has 0 aromatic rings. The lowest BCUT2D eigenvalue weighted by Crippen LogP contribution is -2.45. The van der Waals surface area contributed by atoms with E-state index in [1.54, 1.807) is 0 Å². The molecule has 2 unspecified atom stereocenters. The molecular weight excluding hydrogens is 687 g/mol. The van der Waals surface area contributed by atoms with Crippen molar-refractivity contribution in [2.24, 2.45) is 0 Å². The van der Waals surface area contributed by atoms with Crippen LogP contribution in [0.5, 0.6) is 0 Å². The number of hydrogen-bond acceptors (Lipinski definition) is 3. The average molecular weight is 774 g/mol. The van der Waals surface area contributed by atoms with E-state index in [0.29, 0.717) is 12.8 Å². The van der Waals surface area contributed by atoms with Crippen molar-refractivity contribution in [1.82, 2.24) is 5.32 Å². The molecule has 0 saturated carbocycles. The Kier molecular flexibility index (Phi) is 44.0. The zero-order valence-electron chi connectivity index (χ0n) is 36.4.